The van der Waals surface area contributed by atoms with Crippen molar-refractivity contribution in [1.82, 2.24) is 15.3 Å². The number of nitrogens with zero attached hydrogens (tertiary/aromatic N) is 1. The van der Waals surface area contributed by atoms with E-state index in [4.69, 9.17) is 4.74 Å². The molecule has 0 aliphatic carbocycles. The number of fused-ring (bicyclic) bond motifs is 1. The molecule has 0 saturated carbocycles. The van der Waals surface area contributed by atoms with E-state index in [2.05, 4.69) is 41.3 Å². The van der Waals surface area contributed by atoms with Crippen LogP contribution in [0.1, 0.15) is 29.3 Å². The number of ether oxygens (including phenoxy) is 1. The molecule has 5 nitrogen and oxygen atoms in total. The summed E-state index contributed by atoms with van der Waals surface area (Å²) in [5.41, 5.74) is 5.62. The van der Waals surface area contributed by atoms with Gasteiger partial charge in [0.1, 0.15) is 11.9 Å². The van der Waals surface area contributed by atoms with Gasteiger partial charge in [-0.3, -0.25) is 9.78 Å². The number of aryl methyl sites for hydroxylation is 3. The smallest absolute Gasteiger partial charge is 0.224 e. The fourth-order valence-corrected chi connectivity index (χ4v) is 3.20. The minimum atomic E-state index is -0.129. The highest BCUT2D eigenvalue weighted by molar-refractivity contribution is 5.93. The van der Waals surface area contributed by atoms with Crippen LogP contribution in [0.5, 0.6) is 5.75 Å². The van der Waals surface area contributed by atoms with Crippen molar-refractivity contribution in [3.05, 3.63) is 59.0 Å². The lowest BCUT2D eigenvalue weighted by molar-refractivity contribution is -0.120. The number of H-pyrrole nitrogens is 1. The predicted octanol–water partition coefficient (Wildman–Crippen LogP) is 3.61. The van der Waals surface area contributed by atoms with Gasteiger partial charge in [-0.1, -0.05) is 12.1 Å². The fraction of sp³-hybridized carbons (Fsp3) is 0.333. The molecule has 2 heterocycles. The van der Waals surface area contributed by atoms with Crippen molar-refractivity contribution in [3.8, 4) is 5.75 Å². The van der Waals surface area contributed by atoms with Crippen LogP contribution >= 0.6 is 0 Å². The maximum Gasteiger partial charge on any atom is 0.224 e. The van der Waals surface area contributed by atoms with Crippen molar-refractivity contribution in [1.29, 1.82) is 0 Å². The molecule has 0 bridgehead atoms. The van der Waals surface area contributed by atoms with Crippen molar-refractivity contribution in [2.75, 3.05) is 6.54 Å². The van der Waals surface area contributed by atoms with Gasteiger partial charge in [-0.05, 0) is 56.5 Å². The van der Waals surface area contributed by atoms with Gasteiger partial charge < -0.3 is 15.0 Å². The van der Waals surface area contributed by atoms with E-state index in [0.29, 0.717) is 18.7 Å². The van der Waals surface area contributed by atoms with Crippen LogP contribution in [0, 0.1) is 20.8 Å². The van der Waals surface area contributed by atoms with E-state index >= 15 is 0 Å². The first kappa shape index (κ1) is 18.0. The minimum absolute atomic E-state index is 0.00320. The molecule has 0 radical (unpaired) electrons. The number of carbonyl (C=O) groups excluding carboxylic acids is 1. The molecule has 0 unspecified atom stereocenters. The van der Waals surface area contributed by atoms with Crippen LogP contribution < -0.4 is 10.1 Å². The van der Waals surface area contributed by atoms with E-state index in [0.717, 1.165) is 22.2 Å². The first-order valence-corrected chi connectivity index (χ1v) is 8.86. The van der Waals surface area contributed by atoms with Crippen LogP contribution in [-0.4, -0.2) is 28.5 Å². The highest BCUT2D eigenvalue weighted by Gasteiger charge is 2.16. The van der Waals surface area contributed by atoms with Gasteiger partial charge in [0.25, 0.3) is 0 Å². The molecule has 26 heavy (non-hydrogen) atoms. The van der Waals surface area contributed by atoms with Crippen molar-refractivity contribution in [3.63, 3.8) is 0 Å². The van der Waals surface area contributed by atoms with Gasteiger partial charge in [-0.2, -0.15) is 0 Å². The quantitative estimate of drug-likeness (QED) is 0.713. The van der Waals surface area contributed by atoms with Gasteiger partial charge in [-0.15, -0.1) is 0 Å². The Morgan fingerprint density at radius 2 is 2.00 bits per heavy atom. The van der Waals surface area contributed by atoms with E-state index in [1.54, 1.807) is 12.4 Å². The van der Waals surface area contributed by atoms with Crippen molar-refractivity contribution < 1.29 is 9.53 Å². The molecular formula is C21H25N3O2. The Labute approximate surface area is 153 Å². The third kappa shape index (κ3) is 3.87. The van der Waals surface area contributed by atoms with Crippen LogP contribution in [0.25, 0.3) is 10.9 Å². The maximum absolute atomic E-state index is 12.5. The van der Waals surface area contributed by atoms with Gasteiger partial charge in [-0.25, -0.2) is 0 Å². The number of amides is 1. The van der Waals surface area contributed by atoms with E-state index < -0.39 is 0 Å². The van der Waals surface area contributed by atoms with Crippen LogP contribution in [0.4, 0.5) is 0 Å². The molecule has 3 rings (SSSR count). The molecule has 1 amide bonds. The first-order valence-electron chi connectivity index (χ1n) is 8.86. The number of rotatable bonds is 6. The Kier molecular flexibility index (Phi) is 5.26. The monoisotopic (exact) mass is 351 g/mol. The summed E-state index contributed by atoms with van der Waals surface area (Å²) in [4.78, 5) is 19.9. The van der Waals surface area contributed by atoms with Crippen LogP contribution in [-0.2, 0) is 11.2 Å². The highest BCUT2D eigenvalue weighted by atomic mass is 16.5. The number of hydrogen-bond acceptors (Lipinski definition) is 3. The largest absolute Gasteiger partial charge is 0.487 e. The number of carbonyl (C=O) groups is 1. The number of benzene rings is 1. The lowest BCUT2D eigenvalue weighted by Gasteiger charge is -2.15. The number of pyridine rings is 1. The summed E-state index contributed by atoms with van der Waals surface area (Å²) in [6.07, 6.45) is 3.59. The van der Waals surface area contributed by atoms with Crippen molar-refractivity contribution in [2.45, 2.75) is 40.2 Å². The molecule has 0 saturated heterocycles. The molecular weight excluding hydrogens is 326 g/mol. The molecule has 0 aliphatic rings. The molecule has 1 aromatic carbocycles. The Hall–Kier alpha value is -2.82. The van der Waals surface area contributed by atoms with Gasteiger partial charge in [0.15, 0.2) is 0 Å². The topological polar surface area (TPSA) is 67.0 Å². The van der Waals surface area contributed by atoms with Crippen molar-refractivity contribution in [2.24, 2.45) is 0 Å². The molecule has 1 atom stereocenters. The molecule has 3 aromatic rings. The SMILES string of the molecule is Cc1[nH]c2c(C)ccc(C)c2c1CC(=O)NC[C@H](C)Oc1cccnc1. The van der Waals surface area contributed by atoms with Crippen LogP contribution in [0.15, 0.2) is 36.7 Å². The van der Waals surface area contributed by atoms with E-state index in [1.165, 1.54) is 11.1 Å². The second-order valence-electron chi connectivity index (χ2n) is 6.78. The molecule has 2 aromatic heterocycles. The third-order valence-electron chi connectivity index (χ3n) is 4.58. The van der Waals surface area contributed by atoms with Gasteiger partial charge in [0.05, 0.1) is 19.2 Å². The fourth-order valence-electron chi connectivity index (χ4n) is 3.20. The van der Waals surface area contributed by atoms with Gasteiger partial charge in [0, 0.05) is 22.8 Å². The lowest BCUT2D eigenvalue weighted by Crippen LogP contribution is -2.34. The summed E-state index contributed by atoms with van der Waals surface area (Å²) in [7, 11) is 0. The Morgan fingerprint density at radius 3 is 2.73 bits per heavy atom. The van der Waals surface area contributed by atoms with Gasteiger partial charge in [0.2, 0.25) is 5.91 Å². The van der Waals surface area contributed by atoms with E-state index in [-0.39, 0.29) is 12.0 Å². The van der Waals surface area contributed by atoms with Crippen LogP contribution in [0.3, 0.4) is 0 Å². The van der Waals surface area contributed by atoms with Crippen molar-refractivity contribution >= 4 is 16.8 Å². The maximum atomic E-state index is 12.5. The molecule has 0 aliphatic heterocycles. The second kappa shape index (κ2) is 7.60. The van der Waals surface area contributed by atoms with E-state index in [1.807, 2.05) is 26.0 Å². The minimum Gasteiger partial charge on any atom is -0.487 e. The molecule has 5 heteroatoms. The zero-order valence-corrected chi connectivity index (χ0v) is 15.7. The molecule has 0 fully saturated rings. The lowest BCUT2D eigenvalue weighted by atomic mass is 10.0. The Bertz CT molecular complexity index is 916. The Morgan fingerprint density at radius 1 is 1.23 bits per heavy atom. The average Bonchev–Trinajstić information content (AvgIpc) is 2.95. The highest BCUT2D eigenvalue weighted by Crippen LogP contribution is 2.28. The number of aromatic amines is 1. The first-order chi connectivity index (χ1) is 12.5. The number of aromatic nitrogens is 2. The zero-order valence-electron chi connectivity index (χ0n) is 15.7. The predicted molar refractivity (Wildman–Crippen MR) is 104 cm³/mol. The standard InChI is InChI=1S/C21H25N3O2/c1-13-7-8-14(2)21-20(13)18(16(4)24-21)10-19(25)23-11-15(3)26-17-6-5-9-22-12-17/h5-9,12,15,24H,10-11H2,1-4H3,(H,23,25)/t15-/m0/s1. The third-order valence-corrected chi connectivity index (χ3v) is 4.58. The van der Waals surface area contributed by atoms with E-state index in [9.17, 15) is 4.79 Å². The normalized spacial score (nSPS) is 12.2. The summed E-state index contributed by atoms with van der Waals surface area (Å²) in [5.74, 6) is 0.698. The molecule has 0 spiro atoms. The summed E-state index contributed by atoms with van der Waals surface area (Å²) in [6.45, 7) is 8.57. The average molecular weight is 351 g/mol. The second-order valence-corrected chi connectivity index (χ2v) is 6.78. The van der Waals surface area contributed by atoms with Crippen LogP contribution in [0.2, 0.25) is 0 Å². The number of hydrogen-bond donors (Lipinski definition) is 2. The summed E-state index contributed by atoms with van der Waals surface area (Å²) in [6, 6.07) is 7.89. The summed E-state index contributed by atoms with van der Waals surface area (Å²) in [5, 5.41) is 4.13. The number of nitrogens with one attached hydrogen (secondary N) is 2. The summed E-state index contributed by atoms with van der Waals surface area (Å²) < 4.78 is 5.75. The Balaban J connectivity index is 1.64. The molecule has 2 N–H and O–H groups in total. The molecule has 136 valence electrons. The zero-order chi connectivity index (χ0) is 18.7. The van der Waals surface area contributed by atoms with Gasteiger partial charge >= 0.3 is 0 Å². The summed E-state index contributed by atoms with van der Waals surface area (Å²) >= 11 is 0.